The lowest BCUT2D eigenvalue weighted by molar-refractivity contribution is -0.176. The molecule has 2 heterocycles. The zero-order valence-electron chi connectivity index (χ0n) is 21.8. The number of aliphatic hydroxyl groups is 2. The molecule has 6 aliphatic rings. The SMILES string of the molecule is CC(=O)OC1CCC2(C)C(C1)C(O)CC1C3CCC4C(CN5CC(C)CCC5C4(C)O)C3CC12. The minimum atomic E-state index is -0.574. The molecule has 2 aliphatic heterocycles. The molecule has 0 aromatic carbocycles. The van der Waals surface area contributed by atoms with Crippen molar-refractivity contribution < 1.29 is 19.7 Å². The van der Waals surface area contributed by atoms with Gasteiger partial charge in [0.05, 0.1) is 11.7 Å². The van der Waals surface area contributed by atoms with E-state index in [0.29, 0.717) is 41.5 Å². The van der Waals surface area contributed by atoms with Gasteiger partial charge in [0.1, 0.15) is 6.10 Å². The van der Waals surface area contributed by atoms with Crippen molar-refractivity contribution in [3.8, 4) is 0 Å². The van der Waals surface area contributed by atoms with Crippen molar-refractivity contribution in [3.63, 3.8) is 0 Å². The van der Waals surface area contributed by atoms with E-state index in [2.05, 4.69) is 25.7 Å². The number of nitrogens with zero attached hydrogens (tertiary/aromatic N) is 1. The van der Waals surface area contributed by atoms with Gasteiger partial charge in [-0.2, -0.15) is 0 Å². The maximum Gasteiger partial charge on any atom is 0.302 e. The van der Waals surface area contributed by atoms with Crippen LogP contribution in [0.3, 0.4) is 0 Å². The fraction of sp³-hybridized carbons (Fsp3) is 0.966. The van der Waals surface area contributed by atoms with E-state index in [0.717, 1.165) is 51.0 Å². The number of hydrogen-bond acceptors (Lipinski definition) is 5. The summed E-state index contributed by atoms with van der Waals surface area (Å²) >= 11 is 0. The number of esters is 1. The van der Waals surface area contributed by atoms with Gasteiger partial charge in [-0.15, -0.1) is 0 Å². The first-order chi connectivity index (χ1) is 16.1. The Morgan fingerprint density at radius 2 is 1.68 bits per heavy atom. The van der Waals surface area contributed by atoms with Crippen LogP contribution in [0.5, 0.6) is 0 Å². The third kappa shape index (κ3) is 3.46. The quantitative estimate of drug-likeness (QED) is 0.557. The van der Waals surface area contributed by atoms with Crippen molar-refractivity contribution in [2.24, 2.45) is 52.8 Å². The van der Waals surface area contributed by atoms with Crippen LogP contribution in [0.1, 0.15) is 85.5 Å². The molecule has 34 heavy (non-hydrogen) atoms. The molecule has 5 nitrogen and oxygen atoms in total. The Hall–Kier alpha value is -0.650. The summed E-state index contributed by atoms with van der Waals surface area (Å²) in [6.45, 7) is 10.8. The number of aliphatic hydroxyl groups excluding tert-OH is 1. The summed E-state index contributed by atoms with van der Waals surface area (Å²) < 4.78 is 5.61. The lowest BCUT2D eigenvalue weighted by Gasteiger charge is -2.60. The third-order valence-electron chi connectivity index (χ3n) is 12.3. The fourth-order valence-corrected chi connectivity index (χ4v) is 10.9. The van der Waals surface area contributed by atoms with Crippen molar-refractivity contribution in [3.05, 3.63) is 0 Å². The largest absolute Gasteiger partial charge is 0.463 e. The Bertz CT molecular complexity index is 814. The standard InChI is InChI=1S/C29H47NO4/c1-16-5-8-27-29(4,33)23-7-6-19-20(22(23)15-30(27)14-16)12-24-21(19)13-26(32)25-11-18(34-17(2)31)9-10-28(24,25)3/h16,18-27,32-33H,5-15H2,1-4H3. The maximum absolute atomic E-state index is 11.9. The molecule has 13 atom stereocenters. The lowest BCUT2D eigenvalue weighted by Crippen LogP contribution is -2.67. The summed E-state index contributed by atoms with van der Waals surface area (Å²) in [5.74, 6) is 4.48. The predicted molar refractivity (Wildman–Crippen MR) is 131 cm³/mol. The molecule has 4 saturated carbocycles. The average molecular weight is 474 g/mol. The van der Waals surface area contributed by atoms with E-state index < -0.39 is 5.60 Å². The highest BCUT2D eigenvalue weighted by molar-refractivity contribution is 5.66. The molecule has 6 rings (SSSR count). The first kappa shape index (κ1) is 23.7. The molecule has 2 N–H and O–H groups in total. The molecule has 6 fully saturated rings. The number of carbonyl (C=O) groups is 1. The van der Waals surface area contributed by atoms with Crippen molar-refractivity contribution in [2.45, 2.75) is 109 Å². The Morgan fingerprint density at radius 3 is 2.44 bits per heavy atom. The molecular formula is C29H47NO4. The van der Waals surface area contributed by atoms with Crippen LogP contribution in [0.2, 0.25) is 0 Å². The van der Waals surface area contributed by atoms with Crippen LogP contribution >= 0.6 is 0 Å². The number of hydrogen-bond donors (Lipinski definition) is 2. The Kier molecular flexibility index (Phi) is 5.71. The summed E-state index contributed by atoms with van der Waals surface area (Å²) in [7, 11) is 0. The van der Waals surface area contributed by atoms with Crippen LogP contribution in [0.4, 0.5) is 0 Å². The smallest absolute Gasteiger partial charge is 0.302 e. The predicted octanol–water partition coefficient (Wildman–Crippen LogP) is 4.25. The molecule has 0 aromatic heterocycles. The van der Waals surface area contributed by atoms with Gasteiger partial charge in [0.15, 0.2) is 0 Å². The van der Waals surface area contributed by atoms with E-state index in [-0.39, 0.29) is 29.5 Å². The summed E-state index contributed by atoms with van der Waals surface area (Å²) in [4.78, 5) is 14.3. The van der Waals surface area contributed by atoms with Gasteiger partial charge in [-0.25, -0.2) is 0 Å². The van der Waals surface area contributed by atoms with Gasteiger partial charge in [-0.05, 0) is 117 Å². The normalized spacial score (nSPS) is 56.9. The molecule has 4 aliphatic carbocycles. The Balaban J connectivity index is 1.26. The highest BCUT2D eigenvalue weighted by Gasteiger charge is 2.64. The van der Waals surface area contributed by atoms with E-state index in [4.69, 9.17) is 4.74 Å². The van der Waals surface area contributed by atoms with Crippen molar-refractivity contribution in [1.29, 1.82) is 0 Å². The minimum absolute atomic E-state index is 0.0266. The first-order valence-corrected chi connectivity index (χ1v) is 14.4. The molecule has 192 valence electrons. The zero-order chi connectivity index (χ0) is 24.0. The van der Waals surface area contributed by atoms with E-state index >= 15 is 0 Å². The van der Waals surface area contributed by atoms with Crippen LogP contribution in [-0.4, -0.2) is 58.0 Å². The van der Waals surface area contributed by atoms with Crippen LogP contribution in [0, 0.1) is 52.8 Å². The van der Waals surface area contributed by atoms with E-state index in [1.54, 1.807) is 0 Å². The van der Waals surface area contributed by atoms with E-state index in [9.17, 15) is 15.0 Å². The first-order valence-electron chi connectivity index (χ1n) is 14.4. The fourth-order valence-electron chi connectivity index (χ4n) is 10.9. The number of ether oxygens (including phenoxy) is 1. The molecule has 0 bridgehead atoms. The molecule has 0 aromatic rings. The topological polar surface area (TPSA) is 70.0 Å². The summed E-state index contributed by atoms with van der Waals surface area (Å²) in [6.07, 6.45) is 9.50. The summed E-state index contributed by atoms with van der Waals surface area (Å²) in [5, 5.41) is 23.3. The number of piperidine rings is 2. The van der Waals surface area contributed by atoms with Crippen LogP contribution in [0.25, 0.3) is 0 Å². The monoisotopic (exact) mass is 473 g/mol. The highest BCUT2D eigenvalue weighted by Crippen LogP contribution is 2.67. The number of carbonyl (C=O) groups excluding carboxylic acids is 1. The van der Waals surface area contributed by atoms with Gasteiger partial charge in [-0.1, -0.05) is 13.8 Å². The van der Waals surface area contributed by atoms with Gasteiger partial charge in [-0.3, -0.25) is 9.69 Å². The molecular weight excluding hydrogens is 426 g/mol. The Morgan fingerprint density at radius 1 is 0.882 bits per heavy atom. The molecule has 13 unspecified atom stereocenters. The molecule has 0 spiro atoms. The van der Waals surface area contributed by atoms with Crippen molar-refractivity contribution in [1.82, 2.24) is 4.90 Å². The second-order valence-electron chi connectivity index (χ2n) is 14.0. The van der Waals surface area contributed by atoms with Crippen molar-refractivity contribution >= 4 is 5.97 Å². The van der Waals surface area contributed by atoms with Gasteiger partial charge in [0.25, 0.3) is 0 Å². The molecule has 0 radical (unpaired) electrons. The molecule has 5 heteroatoms. The van der Waals surface area contributed by atoms with Gasteiger partial charge < -0.3 is 14.9 Å². The second-order valence-corrected chi connectivity index (χ2v) is 14.0. The summed E-state index contributed by atoms with van der Waals surface area (Å²) in [5.41, 5.74) is -0.430. The van der Waals surface area contributed by atoms with Gasteiger partial charge in [0, 0.05) is 26.1 Å². The zero-order valence-corrected chi connectivity index (χ0v) is 21.8. The number of fused-ring (bicyclic) bond motifs is 8. The minimum Gasteiger partial charge on any atom is -0.463 e. The van der Waals surface area contributed by atoms with Crippen LogP contribution < -0.4 is 0 Å². The lowest BCUT2D eigenvalue weighted by atomic mass is 9.51. The molecule has 2 saturated heterocycles. The highest BCUT2D eigenvalue weighted by atomic mass is 16.5. The van der Waals surface area contributed by atoms with E-state index in [1.807, 2.05) is 0 Å². The second kappa shape index (κ2) is 8.18. The third-order valence-corrected chi connectivity index (χ3v) is 12.3. The van der Waals surface area contributed by atoms with E-state index in [1.165, 1.54) is 32.7 Å². The van der Waals surface area contributed by atoms with Gasteiger partial charge >= 0.3 is 5.97 Å². The van der Waals surface area contributed by atoms with Crippen LogP contribution in [-0.2, 0) is 9.53 Å². The Labute approximate surface area is 206 Å². The average Bonchev–Trinajstić information content (AvgIpc) is 3.14. The van der Waals surface area contributed by atoms with Crippen molar-refractivity contribution in [2.75, 3.05) is 13.1 Å². The van der Waals surface area contributed by atoms with Crippen LogP contribution in [0.15, 0.2) is 0 Å². The van der Waals surface area contributed by atoms with Gasteiger partial charge in [0.2, 0.25) is 0 Å². The maximum atomic E-state index is 11.9. The number of rotatable bonds is 1. The molecule has 0 amide bonds. The summed E-state index contributed by atoms with van der Waals surface area (Å²) in [6, 6.07) is 0.338.